The molecular formula is C24H23N3O6. The lowest BCUT2D eigenvalue weighted by atomic mass is 10.0. The summed E-state index contributed by atoms with van der Waals surface area (Å²) < 4.78 is 27.3. The monoisotopic (exact) mass is 449 g/mol. The van der Waals surface area contributed by atoms with Crippen LogP contribution in [0.4, 0.5) is 0 Å². The molecule has 0 aliphatic heterocycles. The van der Waals surface area contributed by atoms with E-state index in [4.69, 9.17) is 28.3 Å². The Kier molecular flexibility index (Phi) is 6.12. The van der Waals surface area contributed by atoms with E-state index < -0.39 is 12.1 Å². The van der Waals surface area contributed by atoms with Crippen molar-refractivity contribution in [3.8, 4) is 28.5 Å². The predicted octanol–water partition coefficient (Wildman–Crippen LogP) is 4.54. The van der Waals surface area contributed by atoms with Gasteiger partial charge in [0.15, 0.2) is 17.6 Å². The van der Waals surface area contributed by atoms with Gasteiger partial charge >= 0.3 is 5.97 Å². The van der Waals surface area contributed by atoms with E-state index in [1.807, 2.05) is 24.3 Å². The zero-order chi connectivity index (χ0) is 23.5. The van der Waals surface area contributed by atoms with Gasteiger partial charge in [-0.1, -0.05) is 18.2 Å². The Morgan fingerprint density at radius 1 is 0.970 bits per heavy atom. The lowest BCUT2D eigenvalue weighted by molar-refractivity contribution is 0.0279. The van der Waals surface area contributed by atoms with Gasteiger partial charge in [-0.25, -0.2) is 9.78 Å². The summed E-state index contributed by atoms with van der Waals surface area (Å²) >= 11 is 0. The summed E-state index contributed by atoms with van der Waals surface area (Å²) in [7, 11) is 4.62. The van der Waals surface area contributed by atoms with Crippen LogP contribution in [-0.4, -0.2) is 42.5 Å². The second-order valence-electron chi connectivity index (χ2n) is 7.19. The molecule has 0 radical (unpaired) electrons. The van der Waals surface area contributed by atoms with Gasteiger partial charge in [0.05, 0.1) is 38.1 Å². The van der Waals surface area contributed by atoms with Gasteiger partial charge in [-0.15, -0.1) is 10.2 Å². The second-order valence-corrected chi connectivity index (χ2v) is 7.19. The third-order valence-electron chi connectivity index (χ3n) is 5.07. The van der Waals surface area contributed by atoms with Crippen LogP contribution < -0.4 is 14.2 Å². The number of methoxy groups -OCH3 is 3. The maximum absolute atomic E-state index is 13.2. The SMILES string of the molecule is COc1cc(-c2cc(C(=O)OC(C)c3nnc(C)o3)c3ccccc3n2)cc(OC)c1OC. The Labute approximate surface area is 190 Å². The Morgan fingerprint density at radius 2 is 1.67 bits per heavy atom. The van der Waals surface area contributed by atoms with Gasteiger partial charge in [-0.2, -0.15) is 0 Å². The zero-order valence-corrected chi connectivity index (χ0v) is 18.9. The lowest BCUT2D eigenvalue weighted by Crippen LogP contribution is -2.11. The van der Waals surface area contributed by atoms with Crippen molar-refractivity contribution in [3.63, 3.8) is 0 Å². The van der Waals surface area contributed by atoms with Gasteiger partial charge in [0.25, 0.3) is 5.89 Å². The highest BCUT2D eigenvalue weighted by Gasteiger charge is 2.22. The lowest BCUT2D eigenvalue weighted by Gasteiger charge is -2.15. The normalized spacial score (nSPS) is 11.8. The fourth-order valence-electron chi connectivity index (χ4n) is 3.47. The summed E-state index contributed by atoms with van der Waals surface area (Å²) in [5.74, 6) is 1.51. The first-order chi connectivity index (χ1) is 15.9. The number of aryl methyl sites for hydroxylation is 1. The maximum atomic E-state index is 13.2. The molecule has 2 aromatic heterocycles. The molecule has 2 aromatic carbocycles. The molecule has 4 aromatic rings. The van der Waals surface area contributed by atoms with Crippen LogP contribution in [0.1, 0.15) is 35.2 Å². The van der Waals surface area contributed by atoms with Crippen LogP contribution in [0.2, 0.25) is 0 Å². The fourth-order valence-corrected chi connectivity index (χ4v) is 3.47. The van der Waals surface area contributed by atoms with E-state index in [9.17, 15) is 4.79 Å². The number of rotatable bonds is 7. The number of fused-ring (bicyclic) bond motifs is 1. The minimum Gasteiger partial charge on any atom is -0.493 e. The molecule has 0 saturated heterocycles. The molecular weight excluding hydrogens is 426 g/mol. The van der Waals surface area contributed by atoms with Crippen molar-refractivity contribution >= 4 is 16.9 Å². The number of nitrogens with zero attached hydrogens (tertiary/aromatic N) is 3. The number of esters is 1. The van der Waals surface area contributed by atoms with Gasteiger partial charge in [0, 0.05) is 17.9 Å². The van der Waals surface area contributed by atoms with E-state index in [0.717, 1.165) is 0 Å². The van der Waals surface area contributed by atoms with Crippen molar-refractivity contribution in [1.29, 1.82) is 0 Å². The number of benzene rings is 2. The highest BCUT2D eigenvalue weighted by Crippen LogP contribution is 2.41. The number of carbonyl (C=O) groups excluding carboxylic acids is 1. The molecule has 0 amide bonds. The summed E-state index contributed by atoms with van der Waals surface area (Å²) in [4.78, 5) is 17.9. The van der Waals surface area contributed by atoms with Crippen LogP contribution in [0.5, 0.6) is 17.2 Å². The summed E-state index contributed by atoms with van der Waals surface area (Å²) in [6.45, 7) is 3.35. The van der Waals surface area contributed by atoms with Crippen LogP contribution in [-0.2, 0) is 4.74 Å². The van der Waals surface area contributed by atoms with E-state index >= 15 is 0 Å². The van der Waals surface area contributed by atoms with E-state index in [1.165, 1.54) is 21.3 Å². The maximum Gasteiger partial charge on any atom is 0.339 e. The van der Waals surface area contributed by atoms with E-state index in [2.05, 4.69) is 10.2 Å². The van der Waals surface area contributed by atoms with Crippen LogP contribution in [0.15, 0.2) is 46.9 Å². The minimum atomic E-state index is -0.713. The molecule has 0 aliphatic rings. The molecule has 0 saturated carbocycles. The molecule has 0 fully saturated rings. The first-order valence-electron chi connectivity index (χ1n) is 10.2. The number of para-hydroxylation sites is 1. The third kappa shape index (κ3) is 4.30. The molecule has 0 aliphatic carbocycles. The molecule has 1 atom stereocenters. The van der Waals surface area contributed by atoms with Gasteiger partial charge in [-0.3, -0.25) is 0 Å². The van der Waals surface area contributed by atoms with Crippen molar-refractivity contribution in [2.45, 2.75) is 20.0 Å². The first kappa shape index (κ1) is 22.1. The van der Waals surface area contributed by atoms with Crippen molar-refractivity contribution in [2.24, 2.45) is 0 Å². The molecule has 0 spiro atoms. The first-order valence-corrected chi connectivity index (χ1v) is 10.2. The number of carbonyl (C=O) groups is 1. The third-order valence-corrected chi connectivity index (χ3v) is 5.07. The van der Waals surface area contributed by atoms with Gasteiger partial charge < -0.3 is 23.4 Å². The summed E-state index contributed by atoms with van der Waals surface area (Å²) in [5, 5.41) is 8.37. The Bertz CT molecular complexity index is 1290. The molecule has 2 heterocycles. The topological polar surface area (TPSA) is 106 Å². The molecule has 170 valence electrons. The van der Waals surface area contributed by atoms with Gasteiger partial charge in [0.2, 0.25) is 11.6 Å². The van der Waals surface area contributed by atoms with Crippen LogP contribution in [0.25, 0.3) is 22.2 Å². The molecule has 0 bridgehead atoms. The minimum absolute atomic E-state index is 0.226. The van der Waals surface area contributed by atoms with Gasteiger partial charge in [-0.05, 0) is 31.2 Å². The highest BCUT2D eigenvalue weighted by atomic mass is 16.6. The van der Waals surface area contributed by atoms with E-state index in [-0.39, 0.29) is 5.89 Å². The van der Waals surface area contributed by atoms with E-state index in [1.54, 1.807) is 32.0 Å². The Balaban J connectivity index is 1.80. The number of aromatic nitrogens is 3. The fraction of sp³-hybridized carbons (Fsp3) is 0.250. The van der Waals surface area contributed by atoms with Crippen LogP contribution >= 0.6 is 0 Å². The highest BCUT2D eigenvalue weighted by molar-refractivity contribution is 6.04. The molecule has 9 heteroatoms. The van der Waals surface area contributed by atoms with Crippen molar-refractivity contribution in [2.75, 3.05) is 21.3 Å². The molecule has 0 N–H and O–H groups in total. The summed E-state index contributed by atoms with van der Waals surface area (Å²) in [5.41, 5.74) is 2.22. The number of hydrogen-bond donors (Lipinski definition) is 0. The average molecular weight is 449 g/mol. The molecule has 33 heavy (non-hydrogen) atoms. The van der Waals surface area contributed by atoms with Crippen LogP contribution in [0, 0.1) is 6.92 Å². The van der Waals surface area contributed by atoms with Crippen molar-refractivity contribution < 1.29 is 28.2 Å². The predicted molar refractivity (Wildman–Crippen MR) is 120 cm³/mol. The summed E-state index contributed by atoms with van der Waals surface area (Å²) in [6.07, 6.45) is -0.713. The Hall–Kier alpha value is -4.14. The zero-order valence-electron chi connectivity index (χ0n) is 18.9. The number of pyridine rings is 1. The van der Waals surface area contributed by atoms with Crippen molar-refractivity contribution in [1.82, 2.24) is 15.2 Å². The average Bonchev–Trinajstić information content (AvgIpc) is 3.28. The molecule has 1 unspecified atom stereocenters. The number of hydrogen-bond acceptors (Lipinski definition) is 9. The Morgan fingerprint density at radius 3 is 2.27 bits per heavy atom. The smallest absolute Gasteiger partial charge is 0.339 e. The quantitative estimate of drug-likeness (QED) is 0.376. The van der Waals surface area contributed by atoms with E-state index in [0.29, 0.717) is 50.9 Å². The largest absolute Gasteiger partial charge is 0.493 e. The molecule has 4 rings (SSSR count). The molecule has 9 nitrogen and oxygen atoms in total. The number of ether oxygens (including phenoxy) is 4. The second kappa shape index (κ2) is 9.15. The van der Waals surface area contributed by atoms with Crippen molar-refractivity contribution in [3.05, 3.63) is 59.8 Å². The van der Waals surface area contributed by atoms with Gasteiger partial charge in [0.1, 0.15) is 0 Å². The van der Waals surface area contributed by atoms with Crippen LogP contribution in [0.3, 0.4) is 0 Å². The standard InChI is InChI=1S/C24H23N3O6/c1-13(23-27-26-14(2)33-23)32-24(28)17-12-19(25-18-9-7-6-8-16(17)18)15-10-20(29-3)22(31-5)21(11-15)30-4/h6-13H,1-5H3. The summed E-state index contributed by atoms with van der Waals surface area (Å²) in [6, 6.07) is 12.6.